The Morgan fingerprint density at radius 3 is 2.76 bits per heavy atom. The third-order valence-corrected chi connectivity index (χ3v) is 4.15. The highest BCUT2D eigenvalue weighted by atomic mass is 16.5. The molecule has 0 amide bonds. The molecule has 1 atom stereocenters. The molecule has 21 heavy (non-hydrogen) atoms. The molecule has 0 fully saturated rings. The van der Waals surface area contributed by atoms with Crippen LogP contribution in [0.2, 0.25) is 0 Å². The molecular weight excluding hydrogens is 260 g/mol. The van der Waals surface area contributed by atoms with Crippen LogP contribution in [-0.4, -0.2) is 26.7 Å². The fraction of sp³-hybridized carbons (Fsp3) is 0.333. The molecular formula is C18H22N2O. The van der Waals surface area contributed by atoms with E-state index in [0.717, 1.165) is 25.3 Å². The van der Waals surface area contributed by atoms with Crippen LogP contribution in [0.25, 0.3) is 0 Å². The number of ether oxygens (including phenoxy) is 1. The maximum atomic E-state index is 5.30. The third kappa shape index (κ3) is 3.19. The van der Waals surface area contributed by atoms with Gasteiger partial charge < -0.3 is 15.0 Å². The first-order valence-corrected chi connectivity index (χ1v) is 7.41. The molecule has 2 aromatic rings. The summed E-state index contributed by atoms with van der Waals surface area (Å²) >= 11 is 0. The van der Waals surface area contributed by atoms with Crippen molar-refractivity contribution in [1.82, 2.24) is 5.32 Å². The topological polar surface area (TPSA) is 24.5 Å². The van der Waals surface area contributed by atoms with Crippen LogP contribution in [0.1, 0.15) is 11.1 Å². The van der Waals surface area contributed by atoms with Gasteiger partial charge in [0.2, 0.25) is 0 Å². The van der Waals surface area contributed by atoms with E-state index in [1.54, 1.807) is 7.11 Å². The summed E-state index contributed by atoms with van der Waals surface area (Å²) in [6, 6.07) is 17.4. The summed E-state index contributed by atoms with van der Waals surface area (Å²) in [6.07, 6.45) is 1.09. The highest BCUT2D eigenvalue weighted by Crippen LogP contribution is 2.22. The standard InChI is InChI=1S/C18H22N2O/c1-20(17-8-5-9-18(11-17)21-2)13-16-10-14-6-3-4-7-15(14)12-19-16/h3-9,11,16,19H,10,12-13H2,1-2H3. The van der Waals surface area contributed by atoms with Gasteiger partial charge in [0.1, 0.15) is 5.75 Å². The number of anilines is 1. The smallest absolute Gasteiger partial charge is 0.120 e. The van der Waals surface area contributed by atoms with E-state index in [-0.39, 0.29) is 0 Å². The number of hydrogen-bond acceptors (Lipinski definition) is 3. The van der Waals surface area contributed by atoms with Crippen LogP contribution in [0.5, 0.6) is 5.75 Å². The van der Waals surface area contributed by atoms with Crippen LogP contribution in [0.3, 0.4) is 0 Å². The highest BCUT2D eigenvalue weighted by Gasteiger charge is 2.19. The number of rotatable bonds is 4. The van der Waals surface area contributed by atoms with Crippen LogP contribution in [-0.2, 0) is 13.0 Å². The molecule has 3 heteroatoms. The normalized spacial score (nSPS) is 17.1. The molecule has 0 saturated heterocycles. The van der Waals surface area contributed by atoms with Gasteiger partial charge in [0.25, 0.3) is 0 Å². The maximum absolute atomic E-state index is 5.30. The summed E-state index contributed by atoms with van der Waals surface area (Å²) in [5.41, 5.74) is 4.09. The maximum Gasteiger partial charge on any atom is 0.120 e. The van der Waals surface area contributed by atoms with E-state index < -0.39 is 0 Å². The van der Waals surface area contributed by atoms with E-state index in [1.807, 2.05) is 12.1 Å². The van der Waals surface area contributed by atoms with Gasteiger partial charge in [-0.2, -0.15) is 0 Å². The van der Waals surface area contributed by atoms with Crippen LogP contribution >= 0.6 is 0 Å². The Labute approximate surface area is 126 Å². The summed E-state index contributed by atoms with van der Waals surface area (Å²) in [5.74, 6) is 0.904. The average molecular weight is 282 g/mol. The fourth-order valence-electron chi connectivity index (χ4n) is 2.93. The van der Waals surface area contributed by atoms with Gasteiger partial charge in [0, 0.05) is 37.9 Å². The highest BCUT2D eigenvalue weighted by molar-refractivity contribution is 5.50. The molecule has 2 aromatic carbocycles. The lowest BCUT2D eigenvalue weighted by Gasteiger charge is -2.31. The molecule has 0 radical (unpaired) electrons. The summed E-state index contributed by atoms with van der Waals surface area (Å²) in [7, 11) is 3.84. The van der Waals surface area contributed by atoms with Crippen molar-refractivity contribution in [3.8, 4) is 5.75 Å². The number of hydrogen-bond donors (Lipinski definition) is 1. The SMILES string of the molecule is COc1cccc(N(C)CC2Cc3ccccc3CN2)c1. The second-order valence-corrected chi connectivity index (χ2v) is 5.63. The Morgan fingerprint density at radius 1 is 1.14 bits per heavy atom. The first-order valence-electron chi connectivity index (χ1n) is 7.41. The molecule has 1 aliphatic heterocycles. The second kappa shape index (κ2) is 6.19. The number of likely N-dealkylation sites (N-methyl/N-ethyl adjacent to an activating group) is 1. The van der Waals surface area contributed by atoms with E-state index in [2.05, 4.69) is 53.7 Å². The molecule has 0 saturated carbocycles. The molecule has 1 heterocycles. The Balaban J connectivity index is 1.67. The minimum Gasteiger partial charge on any atom is -0.497 e. The van der Waals surface area contributed by atoms with Crippen LogP contribution in [0.15, 0.2) is 48.5 Å². The van der Waals surface area contributed by atoms with Crippen molar-refractivity contribution < 1.29 is 4.74 Å². The van der Waals surface area contributed by atoms with Crippen molar-refractivity contribution in [2.24, 2.45) is 0 Å². The van der Waals surface area contributed by atoms with Gasteiger partial charge in [-0.15, -0.1) is 0 Å². The summed E-state index contributed by atoms with van der Waals surface area (Å²) in [4.78, 5) is 2.29. The number of nitrogens with one attached hydrogen (secondary N) is 1. The van der Waals surface area contributed by atoms with Crippen molar-refractivity contribution in [2.75, 3.05) is 25.6 Å². The molecule has 0 spiro atoms. The van der Waals surface area contributed by atoms with E-state index in [4.69, 9.17) is 4.74 Å². The van der Waals surface area contributed by atoms with Crippen LogP contribution in [0.4, 0.5) is 5.69 Å². The lowest BCUT2D eigenvalue weighted by Crippen LogP contribution is -2.43. The lowest BCUT2D eigenvalue weighted by atomic mass is 9.95. The average Bonchev–Trinajstić information content (AvgIpc) is 2.54. The second-order valence-electron chi connectivity index (χ2n) is 5.63. The molecule has 3 rings (SSSR count). The minimum absolute atomic E-state index is 0.483. The van der Waals surface area contributed by atoms with Gasteiger partial charge in [-0.25, -0.2) is 0 Å². The van der Waals surface area contributed by atoms with Gasteiger partial charge in [-0.1, -0.05) is 30.3 Å². The Kier molecular flexibility index (Phi) is 4.11. The zero-order valence-electron chi connectivity index (χ0n) is 12.7. The molecule has 0 aliphatic carbocycles. The number of benzene rings is 2. The molecule has 110 valence electrons. The Morgan fingerprint density at radius 2 is 1.95 bits per heavy atom. The Hall–Kier alpha value is -2.00. The monoisotopic (exact) mass is 282 g/mol. The predicted octanol–water partition coefficient (Wildman–Crippen LogP) is 2.85. The quantitative estimate of drug-likeness (QED) is 0.933. The van der Waals surface area contributed by atoms with Gasteiger partial charge in [-0.05, 0) is 29.7 Å². The summed E-state index contributed by atoms with van der Waals surface area (Å²) in [6.45, 7) is 1.95. The van der Waals surface area contributed by atoms with E-state index in [0.29, 0.717) is 6.04 Å². The number of methoxy groups -OCH3 is 1. The number of nitrogens with zero attached hydrogens (tertiary/aromatic N) is 1. The van der Waals surface area contributed by atoms with Crippen LogP contribution in [0, 0.1) is 0 Å². The van der Waals surface area contributed by atoms with Gasteiger partial charge in [0.05, 0.1) is 7.11 Å². The summed E-state index contributed by atoms with van der Waals surface area (Å²) in [5, 5.41) is 3.63. The molecule has 1 aliphatic rings. The third-order valence-electron chi connectivity index (χ3n) is 4.15. The van der Waals surface area contributed by atoms with Gasteiger partial charge >= 0.3 is 0 Å². The van der Waals surface area contributed by atoms with Gasteiger partial charge in [-0.3, -0.25) is 0 Å². The van der Waals surface area contributed by atoms with E-state index >= 15 is 0 Å². The van der Waals surface area contributed by atoms with Crippen molar-refractivity contribution in [2.45, 2.75) is 19.0 Å². The van der Waals surface area contributed by atoms with Crippen molar-refractivity contribution in [1.29, 1.82) is 0 Å². The molecule has 0 bridgehead atoms. The first kappa shape index (κ1) is 14.0. The molecule has 1 N–H and O–H groups in total. The lowest BCUT2D eigenvalue weighted by molar-refractivity contribution is 0.414. The van der Waals surface area contributed by atoms with Crippen molar-refractivity contribution >= 4 is 5.69 Å². The van der Waals surface area contributed by atoms with Crippen LogP contribution < -0.4 is 15.0 Å². The van der Waals surface area contributed by atoms with Crippen molar-refractivity contribution in [3.63, 3.8) is 0 Å². The summed E-state index contributed by atoms with van der Waals surface area (Å²) < 4.78 is 5.30. The molecule has 0 aromatic heterocycles. The van der Waals surface area contributed by atoms with E-state index in [9.17, 15) is 0 Å². The number of fused-ring (bicyclic) bond motifs is 1. The van der Waals surface area contributed by atoms with Crippen molar-refractivity contribution in [3.05, 3.63) is 59.7 Å². The molecule has 3 nitrogen and oxygen atoms in total. The zero-order chi connectivity index (χ0) is 14.7. The minimum atomic E-state index is 0.483. The fourth-order valence-corrected chi connectivity index (χ4v) is 2.93. The molecule has 1 unspecified atom stereocenters. The Bertz CT molecular complexity index is 612. The van der Waals surface area contributed by atoms with Gasteiger partial charge in [0.15, 0.2) is 0 Å². The zero-order valence-corrected chi connectivity index (χ0v) is 12.7. The predicted molar refractivity (Wildman–Crippen MR) is 87.0 cm³/mol. The largest absolute Gasteiger partial charge is 0.497 e. The van der Waals surface area contributed by atoms with E-state index in [1.165, 1.54) is 16.8 Å². The first-order chi connectivity index (χ1) is 10.3.